The number of sulfonamides is 1. The molecule has 1 fully saturated rings. The van der Waals surface area contributed by atoms with E-state index in [4.69, 9.17) is 4.74 Å². The van der Waals surface area contributed by atoms with Crippen LogP contribution in [0.3, 0.4) is 0 Å². The highest BCUT2D eigenvalue weighted by atomic mass is 32.2. The third kappa shape index (κ3) is 3.90. The summed E-state index contributed by atoms with van der Waals surface area (Å²) in [5.41, 5.74) is 2.52. The minimum Gasteiger partial charge on any atom is -0.479 e. The fourth-order valence-corrected chi connectivity index (χ4v) is 5.52. The van der Waals surface area contributed by atoms with Crippen LogP contribution in [0.15, 0.2) is 41.3 Å². The lowest BCUT2D eigenvalue weighted by Crippen LogP contribution is -2.50. The van der Waals surface area contributed by atoms with E-state index >= 15 is 0 Å². The van der Waals surface area contributed by atoms with Crippen LogP contribution in [-0.4, -0.2) is 61.7 Å². The third-order valence-corrected chi connectivity index (χ3v) is 7.77. The molecule has 9 heteroatoms. The molecule has 2 amide bonds. The van der Waals surface area contributed by atoms with Crippen molar-refractivity contribution in [3.63, 3.8) is 0 Å². The second-order valence-electron chi connectivity index (χ2n) is 7.87. The first kappa shape index (κ1) is 21.3. The number of carbonyl (C=O) groups excluding carboxylic acids is 2. The summed E-state index contributed by atoms with van der Waals surface area (Å²) in [7, 11) is -3.78. The lowest BCUT2D eigenvalue weighted by atomic mass is 10.1. The number of carbonyl (C=O) groups is 2. The van der Waals surface area contributed by atoms with Crippen molar-refractivity contribution in [2.45, 2.75) is 31.8 Å². The van der Waals surface area contributed by atoms with Gasteiger partial charge >= 0.3 is 0 Å². The van der Waals surface area contributed by atoms with Gasteiger partial charge in [-0.25, -0.2) is 8.42 Å². The van der Waals surface area contributed by atoms with Gasteiger partial charge in [-0.2, -0.15) is 4.31 Å². The normalized spacial score (nSPS) is 19.4. The number of hydrogen-bond acceptors (Lipinski definition) is 5. The van der Waals surface area contributed by atoms with Crippen molar-refractivity contribution in [2.24, 2.45) is 0 Å². The molecule has 1 N–H and O–H groups in total. The Morgan fingerprint density at radius 1 is 1.06 bits per heavy atom. The van der Waals surface area contributed by atoms with E-state index in [0.717, 1.165) is 5.56 Å². The number of nitrogens with zero attached hydrogens (tertiary/aromatic N) is 2. The molecule has 31 heavy (non-hydrogen) atoms. The van der Waals surface area contributed by atoms with Crippen LogP contribution >= 0.6 is 0 Å². The number of amides is 2. The molecule has 164 valence electrons. The summed E-state index contributed by atoms with van der Waals surface area (Å²) in [4.78, 5) is 26.5. The highest BCUT2D eigenvalue weighted by molar-refractivity contribution is 7.89. The molecule has 0 aliphatic carbocycles. The molecule has 0 spiro atoms. The number of piperazine rings is 1. The fourth-order valence-electron chi connectivity index (χ4n) is 3.87. The van der Waals surface area contributed by atoms with Gasteiger partial charge in [-0.05, 0) is 44.0 Å². The Morgan fingerprint density at radius 2 is 1.74 bits per heavy atom. The summed E-state index contributed by atoms with van der Waals surface area (Å²) in [5.74, 6) is -0.0140. The van der Waals surface area contributed by atoms with Crippen molar-refractivity contribution in [3.05, 3.63) is 53.1 Å². The molecular formula is C22H25N3O5S. The first-order chi connectivity index (χ1) is 14.7. The van der Waals surface area contributed by atoms with E-state index in [1.807, 2.05) is 25.1 Å². The molecule has 4 rings (SSSR count). The van der Waals surface area contributed by atoms with Crippen LogP contribution in [0.5, 0.6) is 5.75 Å². The van der Waals surface area contributed by atoms with Crippen LogP contribution in [0.1, 0.15) is 28.4 Å². The van der Waals surface area contributed by atoms with E-state index in [1.54, 1.807) is 30.9 Å². The Hall–Kier alpha value is -2.91. The van der Waals surface area contributed by atoms with Crippen LogP contribution in [0.4, 0.5) is 5.69 Å². The molecule has 0 saturated carbocycles. The van der Waals surface area contributed by atoms with Crippen LogP contribution in [-0.2, 0) is 14.8 Å². The van der Waals surface area contributed by atoms with Crippen molar-refractivity contribution in [2.75, 3.05) is 31.5 Å². The number of benzene rings is 2. The number of ether oxygens (including phenoxy) is 1. The Balaban J connectivity index is 1.52. The van der Waals surface area contributed by atoms with Gasteiger partial charge in [0.1, 0.15) is 5.75 Å². The number of hydrogen-bond donors (Lipinski definition) is 1. The second kappa shape index (κ2) is 7.97. The Bertz CT molecular complexity index is 1150. The SMILES string of the molecule is Cc1ccccc1C(=O)N1CCN(S(=O)(=O)c2cc3c(cc2C)NC(=O)C(C)O3)CC1. The minimum absolute atomic E-state index is 0.0850. The molecule has 1 saturated heterocycles. The molecular weight excluding hydrogens is 418 g/mol. The van der Waals surface area contributed by atoms with Gasteiger partial charge in [-0.1, -0.05) is 18.2 Å². The second-order valence-corrected chi connectivity index (χ2v) is 9.78. The van der Waals surface area contributed by atoms with Gasteiger partial charge in [0.05, 0.1) is 10.6 Å². The molecule has 0 bridgehead atoms. The minimum atomic E-state index is -3.78. The molecule has 2 heterocycles. The summed E-state index contributed by atoms with van der Waals surface area (Å²) < 4.78 is 33.6. The summed E-state index contributed by atoms with van der Waals surface area (Å²) in [6.45, 7) is 6.25. The number of aryl methyl sites for hydroxylation is 2. The first-order valence-electron chi connectivity index (χ1n) is 10.2. The Labute approximate surface area is 181 Å². The van der Waals surface area contributed by atoms with Crippen LogP contribution in [0.2, 0.25) is 0 Å². The lowest BCUT2D eigenvalue weighted by Gasteiger charge is -2.34. The quantitative estimate of drug-likeness (QED) is 0.784. The number of rotatable bonds is 3. The zero-order valence-corrected chi connectivity index (χ0v) is 18.5. The van der Waals surface area contributed by atoms with E-state index in [0.29, 0.717) is 35.7 Å². The molecule has 1 unspecified atom stereocenters. The predicted molar refractivity (Wildman–Crippen MR) is 116 cm³/mol. The highest BCUT2D eigenvalue weighted by Gasteiger charge is 2.33. The van der Waals surface area contributed by atoms with E-state index in [2.05, 4.69) is 5.32 Å². The summed E-state index contributed by atoms with van der Waals surface area (Å²) in [6.07, 6.45) is -0.693. The van der Waals surface area contributed by atoms with Crippen molar-refractivity contribution < 1.29 is 22.7 Å². The van der Waals surface area contributed by atoms with E-state index in [1.165, 1.54) is 10.4 Å². The Morgan fingerprint density at radius 3 is 2.42 bits per heavy atom. The summed E-state index contributed by atoms with van der Waals surface area (Å²) in [6, 6.07) is 10.5. The zero-order valence-electron chi connectivity index (χ0n) is 17.7. The molecule has 2 aromatic carbocycles. The van der Waals surface area contributed by atoms with E-state index in [9.17, 15) is 18.0 Å². The van der Waals surface area contributed by atoms with Crippen LogP contribution in [0, 0.1) is 13.8 Å². The third-order valence-electron chi connectivity index (χ3n) is 5.73. The first-order valence-corrected chi connectivity index (χ1v) is 11.6. The predicted octanol–water partition coefficient (Wildman–Crippen LogP) is 2.17. The smallest absolute Gasteiger partial charge is 0.265 e. The van der Waals surface area contributed by atoms with E-state index < -0.39 is 16.1 Å². The maximum absolute atomic E-state index is 13.3. The fraction of sp³-hybridized carbons (Fsp3) is 0.364. The van der Waals surface area contributed by atoms with Gasteiger partial charge in [0.2, 0.25) is 10.0 Å². The standard InChI is InChI=1S/C22H25N3O5S/c1-14-6-4-5-7-17(14)22(27)24-8-10-25(11-9-24)31(28,29)20-13-19-18(12-15(20)2)23-21(26)16(3)30-19/h4-7,12-13,16H,8-11H2,1-3H3,(H,23,26). The number of nitrogens with one attached hydrogen (secondary N) is 1. The lowest BCUT2D eigenvalue weighted by molar-refractivity contribution is -0.122. The van der Waals surface area contributed by atoms with Gasteiger partial charge in [0, 0.05) is 37.8 Å². The monoisotopic (exact) mass is 443 g/mol. The molecule has 2 aromatic rings. The molecule has 0 radical (unpaired) electrons. The molecule has 1 atom stereocenters. The average molecular weight is 444 g/mol. The maximum atomic E-state index is 13.3. The summed E-state index contributed by atoms with van der Waals surface area (Å²) >= 11 is 0. The molecule has 2 aliphatic rings. The number of fused-ring (bicyclic) bond motifs is 1. The van der Waals surface area contributed by atoms with E-state index in [-0.39, 0.29) is 29.8 Å². The topological polar surface area (TPSA) is 96.0 Å². The van der Waals surface area contributed by atoms with Gasteiger partial charge in [0.15, 0.2) is 6.10 Å². The zero-order chi connectivity index (χ0) is 22.3. The van der Waals surface area contributed by atoms with Gasteiger partial charge < -0.3 is 15.0 Å². The molecule has 8 nitrogen and oxygen atoms in total. The molecule has 0 aromatic heterocycles. The Kier molecular flexibility index (Phi) is 5.49. The maximum Gasteiger partial charge on any atom is 0.265 e. The van der Waals surface area contributed by atoms with Crippen LogP contribution in [0.25, 0.3) is 0 Å². The van der Waals surface area contributed by atoms with Crippen LogP contribution < -0.4 is 10.1 Å². The van der Waals surface area contributed by atoms with Gasteiger partial charge in [0.25, 0.3) is 11.8 Å². The van der Waals surface area contributed by atoms with Gasteiger partial charge in [-0.15, -0.1) is 0 Å². The van der Waals surface area contributed by atoms with Crippen molar-refractivity contribution in [1.82, 2.24) is 9.21 Å². The number of anilines is 1. The average Bonchev–Trinajstić information content (AvgIpc) is 2.74. The van der Waals surface area contributed by atoms with Crippen molar-refractivity contribution in [1.29, 1.82) is 0 Å². The van der Waals surface area contributed by atoms with Crippen molar-refractivity contribution in [3.8, 4) is 5.75 Å². The summed E-state index contributed by atoms with van der Waals surface area (Å²) in [5, 5.41) is 2.73. The molecule has 2 aliphatic heterocycles. The van der Waals surface area contributed by atoms with Crippen molar-refractivity contribution >= 4 is 27.5 Å². The largest absolute Gasteiger partial charge is 0.479 e. The highest BCUT2D eigenvalue weighted by Crippen LogP contribution is 2.35. The van der Waals surface area contributed by atoms with Gasteiger partial charge in [-0.3, -0.25) is 9.59 Å².